The van der Waals surface area contributed by atoms with E-state index < -0.39 is 0 Å². The molecule has 28 heavy (non-hydrogen) atoms. The molecule has 0 radical (unpaired) electrons. The van der Waals surface area contributed by atoms with Crippen molar-refractivity contribution in [1.29, 1.82) is 0 Å². The Bertz CT molecular complexity index is 1270. The Kier molecular flexibility index (Phi) is 3.84. The molecule has 0 bridgehead atoms. The predicted octanol–water partition coefficient (Wildman–Crippen LogP) is 3.67. The Morgan fingerprint density at radius 3 is 2.86 bits per heavy atom. The number of halogens is 1. The van der Waals surface area contributed by atoms with Crippen LogP contribution in [-0.2, 0) is 17.9 Å². The number of ketones is 1. The van der Waals surface area contributed by atoms with Crippen molar-refractivity contribution in [2.45, 2.75) is 20.0 Å². The second-order valence-electron chi connectivity index (χ2n) is 6.49. The quantitative estimate of drug-likeness (QED) is 0.534. The van der Waals surface area contributed by atoms with Gasteiger partial charge in [-0.25, -0.2) is 9.67 Å². The fourth-order valence-corrected chi connectivity index (χ4v) is 3.58. The van der Waals surface area contributed by atoms with Crippen LogP contribution in [0.5, 0.6) is 0 Å². The molecule has 8 heteroatoms. The number of aryl methyl sites for hydroxylation is 1. The fourth-order valence-electron chi connectivity index (χ4n) is 3.36. The summed E-state index contributed by atoms with van der Waals surface area (Å²) in [6.07, 6.45) is 1.80. The maximum Gasteiger partial charge on any atom is 0.249 e. The van der Waals surface area contributed by atoms with Crippen molar-refractivity contribution in [2.75, 3.05) is 0 Å². The molecule has 2 aromatic heterocycles. The van der Waals surface area contributed by atoms with Gasteiger partial charge in [0, 0.05) is 23.1 Å². The smallest absolute Gasteiger partial charge is 0.249 e. The summed E-state index contributed by atoms with van der Waals surface area (Å²) >= 11 is 6.25. The molecule has 0 spiro atoms. The Balaban J connectivity index is 1.58. The lowest BCUT2D eigenvalue weighted by Gasteiger charge is -2.12. The molecule has 7 nitrogen and oxygen atoms in total. The number of fused-ring (bicyclic) bond motifs is 2. The molecule has 1 aliphatic rings. The van der Waals surface area contributed by atoms with Gasteiger partial charge < -0.3 is 0 Å². The van der Waals surface area contributed by atoms with Gasteiger partial charge in [-0.2, -0.15) is 10.1 Å². The number of aliphatic imine (C=N–C) groups is 1. The molecule has 0 N–H and O–H groups in total. The number of carbonyl (C=O) groups is 1. The molecule has 0 saturated heterocycles. The van der Waals surface area contributed by atoms with Gasteiger partial charge in [0.1, 0.15) is 12.3 Å². The molecule has 0 saturated carbocycles. The van der Waals surface area contributed by atoms with Crippen molar-refractivity contribution >= 4 is 39.9 Å². The number of rotatable bonds is 3. The van der Waals surface area contributed by atoms with Gasteiger partial charge in [-0.05, 0) is 31.2 Å². The van der Waals surface area contributed by atoms with E-state index in [1.165, 1.54) is 4.68 Å². The minimum absolute atomic E-state index is 0.0951. The molecule has 0 aliphatic carbocycles. The highest BCUT2D eigenvalue weighted by Crippen LogP contribution is 2.28. The van der Waals surface area contributed by atoms with Crippen LogP contribution < -0.4 is 0 Å². The second-order valence-corrected chi connectivity index (χ2v) is 6.90. The Morgan fingerprint density at radius 2 is 2.04 bits per heavy atom. The fraction of sp³-hybridized carbons (Fsp3) is 0.150. The van der Waals surface area contributed by atoms with E-state index in [2.05, 4.69) is 20.2 Å². The topological polar surface area (TPSA) is 78.0 Å². The van der Waals surface area contributed by atoms with Crippen molar-refractivity contribution in [3.05, 3.63) is 59.2 Å². The molecular formula is C20H15ClN6O. The van der Waals surface area contributed by atoms with Crippen molar-refractivity contribution < 1.29 is 4.79 Å². The highest BCUT2D eigenvalue weighted by molar-refractivity contribution is 6.47. The standard InChI is InChI=1S/C20H15ClN6O/c1-2-26-16-8-7-12(9-13(16)10-22-26)18-17(28)11-27-20(23-18)24-19(25-27)14-5-3-4-6-15(14)21/h3-10H,2,11H2,1H3. The molecule has 2 aromatic carbocycles. The first kappa shape index (κ1) is 16.8. The highest BCUT2D eigenvalue weighted by atomic mass is 35.5. The summed E-state index contributed by atoms with van der Waals surface area (Å²) in [4.78, 5) is 21.7. The van der Waals surface area contributed by atoms with Gasteiger partial charge in [0.05, 0.1) is 16.7 Å². The van der Waals surface area contributed by atoms with Gasteiger partial charge in [0.25, 0.3) is 0 Å². The summed E-state index contributed by atoms with van der Waals surface area (Å²) in [5.74, 6) is 0.747. The van der Waals surface area contributed by atoms with Crippen molar-refractivity contribution in [1.82, 2.24) is 24.5 Å². The average molecular weight is 391 g/mol. The number of benzene rings is 2. The van der Waals surface area contributed by atoms with Crippen LogP contribution in [0, 0.1) is 0 Å². The number of carbonyl (C=O) groups excluding carboxylic acids is 1. The van der Waals surface area contributed by atoms with E-state index >= 15 is 0 Å². The monoisotopic (exact) mass is 390 g/mol. The van der Waals surface area contributed by atoms with Crippen LogP contribution in [0.4, 0.5) is 5.95 Å². The SMILES string of the molecule is CCn1ncc2cc(C3=Nc4nc(-c5ccccc5Cl)nn4CC3=O)ccc21. The van der Waals surface area contributed by atoms with Gasteiger partial charge in [-0.3, -0.25) is 9.48 Å². The number of hydrogen-bond donors (Lipinski definition) is 0. The summed E-state index contributed by atoms with van der Waals surface area (Å²) < 4.78 is 3.42. The average Bonchev–Trinajstić information content (AvgIpc) is 3.30. The zero-order valence-corrected chi connectivity index (χ0v) is 15.8. The van der Waals surface area contributed by atoms with Crippen molar-refractivity contribution in [2.24, 2.45) is 4.99 Å². The largest absolute Gasteiger partial charge is 0.290 e. The minimum Gasteiger partial charge on any atom is -0.290 e. The summed E-state index contributed by atoms with van der Waals surface area (Å²) in [5, 5.41) is 10.3. The van der Waals surface area contributed by atoms with Crippen LogP contribution in [0.1, 0.15) is 12.5 Å². The first-order valence-electron chi connectivity index (χ1n) is 8.91. The van der Waals surface area contributed by atoms with Crippen LogP contribution in [0.2, 0.25) is 5.02 Å². The summed E-state index contributed by atoms with van der Waals surface area (Å²) in [5.41, 5.74) is 2.88. The van der Waals surface area contributed by atoms with E-state index in [0.717, 1.165) is 23.0 Å². The lowest BCUT2D eigenvalue weighted by atomic mass is 10.0. The maximum atomic E-state index is 12.7. The number of aromatic nitrogens is 5. The Morgan fingerprint density at radius 1 is 1.18 bits per heavy atom. The third-order valence-electron chi connectivity index (χ3n) is 4.75. The predicted molar refractivity (Wildman–Crippen MR) is 107 cm³/mol. The van der Waals surface area contributed by atoms with Crippen LogP contribution in [0.15, 0.2) is 53.7 Å². The number of hydrogen-bond acceptors (Lipinski definition) is 5. The summed E-state index contributed by atoms with van der Waals surface area (Å²) in [6.45, 7) is 2.92. The van der Waals surface area contributed by atoms with Gasteiger partial charge in [0.15, 0.2) is 5.82 Å². The zero-order valence-electron chi connectivity index (χ0n) is 15.0. The third kappa shape index (κ3) is 2.63. The third-order valence-corrected chi connectivity index (χ3v) is 5.08. The van der Waals surface area contributed by atoms with Crippen molar-refractivity contribution in [3.8, 4) is 11.4 Å². The zero-order chi connectivity index (χ0) is 19.3. The van der Waals surface area contributed by atoms with E-state index in [9.17, 15) is 4.79 Å². The number of nitrogens with zero attached hydrogens (tertiary/aromatic N) is 6. The molecule has 4 aromatic rings. The number of Topliss-reactive ketones (excluding diaryl/α,β-unsaturated/α-hetero) is 1. The van der Waals surface area contributed by atoms with Crippen LogP contribution in [0.25, 0.3) is 22.3 Å². The van der Waals surface area contributed by atoms with Crippen molar-refractivity contribution in [3.63, 3.8) is 0 Å². The first-order valence-corrected chi connectivity index (χ1v) is 9.29. The molecule has 0 fully saturated rings. The van der Waals surface area contributed by atoms with Gasteiger partial charge in [-0.15, -0.1) is 5.10 Å². The Labute approximate surface area is 165 Å². The summed E-state index contributed by atoms with van der Waals surface area (Å²) in [6, 6.07) is 13.1. The second kappa shape index (κ2) is 6.38. The molecule has 1 aliphatic heterocycles. The van der Waals surface area contributed by atoms with E-state index in [-0.39, 0.29) is 12.3 Å². The van der Waals surface area contributed by atoms with E-state index in [4.69, 9.17) is 11.6 Å². The lowest BCUT2D eigenvalue weighted by molar-refractivity contribution is -0.113. The Hall–Kier alpha value is -3.32. The lowest BCUT2D eigenvalue weighted by Crippen LogP contribution is -2.25. The van der Waals surface area contributed by atoms with E-state index in [1.54, 1.807) is 12.3 Å². The van der Waals surface area contributed by atoms with Crippen LogP contribution >= 0.6 is 11.6 Å². The molecule has 138 valence electrons. The first-order chi connectivity index (χ1) is 13.6. The normalized spacial score (nSPS) is 13.6. The molecule has 0 unspecified atom stereocenters. The van der Waals surface area contributed by atoms with Gasteiger partial charge in [-0.1, -0.05) is 29.8 Å². The minimum atomic E-state index is -0.106. The van der Waals surface area contributed by atoms with E-state index in [0.29, 0.717) is 28.1 Å². The molecule has 0 atom stereocenters. The highest BCUT2D eigenvalue weighted by Gasteiger charge is 2.25. The molecule has 5 rings (SSSR count). The van der Waals surface area contributed by atoms with Gasteiger partial charge in [0.2, 0.25) is 11.7 Å². The van der Waals surface area contributed by atoms with E-state index in [1.807, 2.05) is 48.0 Å². The molecule has 3 heterocycles. The van der Waals surface area contributed by atoms with Gasteiger partial charge >= 0.3 is 0 Å². The molecular weight excluding hydrogens is 376 g/mol. The van der Waals surface area contributed by atoms with Crippen LogP contribution in [0.3, 0.4) is 0 Å². The van der Waals surface area contributed by atoms with Crippen LogP contribution in [-0.4, -0.2) is 36.0 Å². The summed E-state index contributed by atoms with van der Waals surface area (Å²) in [7, 11) is 0. The molecule has 0 amide bonds. The maximum absolute atomic E-state index is 12.7.